The molecule has 2 aliphatic rings. The van der Waals surface area contributed by atoms with Crippen LogP contribution in [-0.2, 0) is 4.79 Å². The van der Waals surface area contributed by atoms with Gasteiger partial charge in [-0.05, 0) is 32.6 Å². The summed E-state index contributed by atoms with van der Waals surface area (Å²) in [5.41, 5.74) is 0. The van der Waals surface area contributed by atoms with Crippen molar-refractivity contribution in [2.75, 3.05) is 26.7 Å². The Morgan fingerprint density at radius 1 is 1.40 bits per heavy atom. The maximum absolute atomic E-state index is 11.9. The van der Waals surface area contributed by atoms with Crippen LogP contribution in [0.5, 0.6) is 0 Å². The lowest BCUT2D eigenvalue weighted by Crippen LogP contribution is -2.35. The van der Waals surface area contributed by atoms with Crippen molar-refractivity contribution in [2.24, 2.45) is 17.8 Å². The average Bonchev–Trinajstić information content (AvgIpc) is 2.69. The van der Waals surface area contributed by atoms with Crippen LogP contribution >= 0.6 is 0 Å². The predicted molar refractivity (Wildman–Crippen MR) is 60.5 cm³/mol. The molecule has 2 rings (SSSR count). The molecule has 3 heteroatoms. The maximum atomic E-state index is 11.9. The normalized spacial score (nSPS) is 34.3. The van der Waals surface area contributed by atoms with Gasteiger partial charge in [0.05, 0.1) is 0 Å². The summed E-state index contributed by atoms with van der Waals surface area (Å²) in [6, 6.07) is 0.637. The number of hydrogen-bond donors (Lipinski definition) is 0. The molecule has 0 radical (unpaired) electrons. The molecule has 1 saturated heterocycles. The van der Waals surface area contributed by atoms with E-state index in [9.17, 15) is 4.79 Å². The van der Waals surface area contributed by atoms with Gasteiger partial charge in [-0.15, -0.1) is 0 Å². The van der Waals surface area contributed by atoms with Gasteiger partial charge in [0.25, 0.3) is 0 Å². The van der Waals surface area contributed by atoms with Crippen molar-refractivity contribution in [3.8, 4) is 0 Å². The first-order valence-electron chi connectivity index (χ1n) is 6.05. The summed E-state index contributed by atoms with van der Waals surface area (Å²) in [5, 5.41) is 0. The first-order chi connectivity index (χ1) is 7.06. The molecule has 2 atom stereocenters. The van der Waals surface area contributed by atoms with Crippen molar-refractivity contribution in [1.82, 2.24) is 9.80 Å². The molecule has 0 spiro atoms. The molecular formula is C12H22N2O. The molecule has 3 nitrogen and oxygen atoms in total. The second-order valence-electron chi connectivity index (χ2n) is 5.25. The summed E-state index contributed by atoms with van der Waals surface area (Å²) >= 11 is 0. The van der Waals surface area contributed by atoms with Crippen LogP contribution in [-0.4, -0.2) is 48.4 Å². The van der Waals surface area contributed by atoms with Crippen molar-refractivity contribution in [1.29, 1.82) is 0 Å². The minimum absolute atomic E-state index is 0.352. The SMILES string of the molecule is CCN(C)C(=O)C1C2CN(C(C)C)CC21. The zero-order valence-electron chi connectivity index (χ0n) is 10.2. The lowest BCUT2D eigenvalue weighted by Gasteiger charge is -2.24. The van der Waals surface area contributed by atoms with E-state index < -0.39 is 0 Å². The highest BCUT2D eigenvalue weighted by Gasteiger charge is 2.59. The number of fused-ring (bicyclic) bond motifs is 1. The van der Waals surface area contributed by atoms with Crippen molar-refractivity contribution in [2.45, 2.75) is 26.8 Å². The molecule has 1 amide bonds. The second kappa shape index (κ2) is 3.78. The van der Waals surface area contributed by atoms with Crippen LogP contribution in [0.1, 0.15) is 20.8 Å². The smallest absolute Gasteiger partial charge is 0.226 e. The van der Waals surface area contributed by atoms with E-state index in [1.54, 1.807) is 0 Å². The van der Waals surface area contributed by atoms with E-state index in [2.05, 4.69) is 18.7 Å². The Kier molecular flexibility index (Phi) is 2.75. The standard InChI is InChI=1S/C12H22N2O/c1-5-13(4)12(15)11-9-6-14(8(2)3)7-10(9)11/h8-11H,5-7H2,1-4H3. The number of carbonyl (C=O) groups is 1. The molecule has 2 unspecified atom stereocenters. The molecule has 0 N–H and O–H groups in total. The van der Waals surface area contributed by atoms with E-state index in [1.807, 2.05) is 18.9 Å². The van der Waals surface area contributed by atoms with Crippen LogP contribution < -0.4 is 0 Å². The van der Waals surface area contributed by atoms with Crippen LogP contribution in [0.2, 0.25) is 0 Å². The third kappa shape index (κ3) is 1.78. The number of piperidine rings is 1. The van der Waals surface area contributed by atoms with Gasteiger partial charge in [-0.1, -0.05) is 0 Å². The Hall–Kier alpha value is -0.570. The molecule has 1 aliphatic carbocycles. The number of rotatable bonds is 3. The van der Waals surface area contributed by atoms with Gasteiger partial charge < -0.3 is 9.80 Å². The molecule has 0 aromatic carbocycles. The van der Waals surface area contributed by atoms with E-state index >= 15 is 0 Å². The first-order valence-corrected chi connectivity index (χ1v) is 6.05. The molecule has 0 aromatic rings. The van der Waals surface area contributed by atoms with E-state index in [0.717, 1.165) is 19.6 Å². The molecule has 0 bridgehead atoms. The maximum Gasteiger partial charge on any atom is 0.226 e. The molecule has 2 fully saturated rings. The summed E-state index contributed by atoms with van der Waals surface area (Å²) in [6.07, 6.45) is 0. The van der Waals surface area contributed by atoms with Gasteiger partial charge in [-0.2, -0.15) is 0 Å². The zero-order valence-corrected chi connectivity index (χ0v) is 10.2. The molecule has 1 aliphatic heterocycles. The summed E-state index contributed by atoms with van der Waals surface area (Å²) < 4.78 is 0. The Morgan fingerprint density at radius 2 is 1.93 bits per heavy atom. The van der Waals surface area contributed by atoms with E-state index in [-0.39, 0.29) is 0 Å². The number of likely N-dealkylation sites (tertiary alicyclic amines) is 1. The van der Waals surface area contributed by atoms with E-state index in [1.165, 1.54) is 0 Å². The molecule has 1 heterocycles. The minimum atomic E-state index is 0.352. The van der Waals surface area contributed by atoms with Gasteiger partial charge in [0, 0.05) is 38.6 Å². The van der Waals surface area contributed by atoms with Gasteiger partial charge in [-0.25, -0.2) is 0 Å². The van der Waals surface area contributed by atoms with Gasteiger partial charge in [0.2, 0.25) is 5.91 Å². The third-order valence-electron chi connectivity index (χ3n) is 4.09. The fourth-order valence-corrected chi connectivity index (χ4v) is 2.76. The number of carbonyl (C=O) groups excluding carboxylic acids is 1. The molecule has 1 saturated carbocycles. The topological polar surface area (TPSA) is 23.6 Å². The van der Waals surface area contributed by atoms with E-state index in [0.29, 0.717) is 29.7 Å². The van der Waals surface area contributed by atoms with Crippen LogP contribution in [0, 0.1) is 17.8 Å². The van der Waals surface area contributed by atoms with Crippen LogP contribution in [0.15, 0.2) is 0 Å². The van der Waals surface area contributed by atoms with Crippen LogP contribution in [0.4, 0.5) is 0 Å². The number of nitrogens with zero attached hydrogens (tertiary/aromatic N) is 2. The highest BCUT2D eigenvalue weighted by molar-refractivity contribution is 5.82. The minimum Gasteiger partial charge on any atom is -0.346 e. The van der Waals surface area contributed by atoms with Gasteiger partial charge in [0.1, 0.15) is 0 Å². The molecule has 15 heavy (non-hydrogen) atoms. The van der Waals surface area contributed by atoms with Crippen molar-refractivity contribution in [3.63, 3.8) is 0 Å². The fraction of sp³-hybridized carbons (Fsp3) is 0.917. The van der Waals surface area contributed by atoms with Crippen LogP contribution in [0.25, 0.3) is 0 Å². The quantitative estimate of drug-likeness (QED) is 0.695. The van der Waals surface area contributed by atoms with Gasteiger partial charge in [0.15, 0.2) is 0 Å². The summed E-state index contributed by atoms with van der Waals surface area (Å²) in [7, 11) is 1.91. The summed E-state index contributed by atoms with van der Waals surface area (Å²) in [5.74, 6) is 2.05. The Labute approximate surface area is 92.4 Å². The van der Waals surface area contributed by atoms with Crippen molar-refractivity contribution in [3.05, 3.63) is 0 Å². The Morgan fingerprint density at radius 3 is 2.33 bits per heavy atom. The predicted octanol–water partition coefficient (Wildman–Crippen LogP) is 1.05. The third-order valence-corrected chi connectivity index (χ3v) is 4.09. The lowest BCUT2D eigenvalue weighted by molar-refractivity contribution is -0.132. The Balaban J connectivity index is 1.86. The Bertz CT molecular complexity index is 252. The molecule has 86 valence electrons. The van der Waals surface area contributed by atoms with Crippen LogP contribution in [0.3, 0.4) is 0 Å². The second-order valence-corrected chi connectivity index (χ2v) is 5.25. The highest BCUT2D eigenvalue weighted by Crippen LogP contribution is 2.52. The largest absolute Gasteiger partial charge is 0.346 e. The van der Waals surface area contributed by atoms with Gasteiger partial charge in [-0.3, -0.25) is 4.79 Å². The summed E-state index contributed by atoms with van der Waals surface area (Å²) in [4.78, 5) is 16.3. The molecular weight excluding hydrogens is 188 g/mol. The summed E-state index contributed by atoms with van der Waals surface area (Å²) in [6.45, 7) is 9.62. The molecule has 0 aromatic heterocycles. The first kappa shape index (κ1) is 10.9. The van der Waals surface area contributed by atoms with Crippen molar-refractivity contribution >= 4 is 5.91 Å². The monoisotopic (exact) mass is 210 g/mol. The fourth-order valence-electron chi connectivity index (χ4n) is 2.76. The number of amides is 1. The lowest BCUT2D eigenvalue weighted by atomic mass is 10.2. The zero-order chi connectivity index (χ0) is 11.2. The number of hydrogen-bond acceptors (Lipinski definition) is 2. The van der Waals surface area contributed by atoms with Crippen molar-refractivity contribution < 1.29 is 4.79 Å². The van der Waals surface area contributed by atoms with E-state index in [4.69, 9.17) is 0 Å². The average molecular weight is 210 g/mol. The highest BCUT2D eigenvalue weighted by atomic mass is 16.2. The van der Waals surface area contributed by atoms with Gasteiger partial charge >= 0.3 is 0 Å².